The first-order valence-electron chi connectivity index (χ1n) is 5.06. The second kappa shape index (κ2) is 4.49. The van der Waals surface area contributed by atoms with Crippen LogP contribution >= 0.6 is 15.9 Å². The monoisotopic (exact) mass is 272 g/mol. The molecule has 1 aromatic rings. The first kappa shape index (κ1) is 10.9. The summed E-state index contributed by atoms with van der Waals surface area (Å²) < 4.78 is 11.8. The summed E-state index contributed by atoms with van der Waals surface area (Å²) in [5.41, 5.74) is 0. The average Bonchev–Trinajstić information content (AvgIpc) is 2.62. The fraction of sp³-hybridized carbons (Fsp3) is 0.545. The van der Waals surface area contributed by atoms with E-state index in [2.05, 4.69) is 15.9 Å². The second-order valence-electron chi connectivity index (χ2n) is 3.77. The van der Waals surface area contributed by atoms with E-state index in [1.54, 1.807) is 6.07 Å². The molecule has 0 amide bonds. The van der Waals surface area contributed by atoms with Crippen LogP contribution in [0.25, 0.3) is 0 Å². The molecule has 82 valence electrons. The van der Waals surface area contributed by atoms with Gasteiger partial charge in [0, 0.05) is 32.1 Å². The van der Waals surface area contributed by atoms with E-state index in [4.69, 9.17) is 9.15 Å². The molecule has 0 N–H and O–H groups in total. The molecular weight excluding hydrogens is 260 g/mol. The summed E-state index contributed by atoms with van der Waals surface area (Å²) in [7, 11) is 0. The van der Waals surface area contributed by atoms with Gasteiger partial charge >= 0.3 is 0 Å². The molecular formula is C11H13BrO3. The van der Waals surface area contributed by atoms with E-state index in [1.165, 1.54) is 6.92 Å². The number of carbonyl (C=O) groups is 1. The first-order chi connectivity index (χ1) is 7.18. The third-order valence-corrected chi connectivity index (χ3v) is 3.27. The van der Waals surface area contributed by atoms with Crippen LogP contribution in [0.3, 0.4) is 0 Å². The predicted octanol–water partition coefficient (Wildman–Crippen LogP) is 3.14. The van der Waals surface area contributed by atoms with Gasteiger partial charge in [0.15, 0.2) is 11.5 Å². The van der Waals surface area contributed by atoms with Crippen molar-refractivity contribution in [2.75, 3.05) is 13.2 Å². The van der Waals surface area contributed by atoms with Gasteiger partial charge in [0.05, 0.1) is 4.47 Å². The highest BCUT2D eigenvalue weighted by Gasteiger charge is 2.23. The van der Waals surface area contributed by atoms with E-state index in [1.807, 2.05) is 0 Å². The normalized spacial score (nSPS) is 18.0. The van der Waals surface area contributed by atoms with Crippen LogP contribution < -0.4 is 0 Å². The summed E-state index contributed by atoms with van der Waals surface area (Å²) in [6, 6.07) is 1.76. The van der Waals surface area contributed by atoms with Gasteiger partial charge in [-0.15, -0.1) is 0 Å². The van der Waals surface area contributed by atoms with E-state index < -0.39 is 0 Å². The standard InChI is InChI=1S/C11H13BrO3/c1-7(13)10-6-9(12)11(15-10)8-2-4-14-5-3-8/h6,8H,2-5H2,1H3. The molecule has 1 saturated heterocycles. The zero-order valence-corrected chi connectivity index (χ0v) is 10.2. The zero-order chi connectivity index (χ0) is 10.8. The molecule has 1 aromatic heterocycles. The van der Waals surface area contributed by atoms with Crippen molar-refractivity contribution in [1.29, 1.82) is 0 Å². The number of hydrogen-bond donors (Lipinski definition) is 0. The molecule has 1 fully saturated rings. The third kappa shape index (κ3) is 2.32. The van der Waals surface area contributed by atoms with Crippen LogP contribution in [0.4, 0.5) is 0 Å². The molecule has 2 heterocycles. The van der Waals surface area contributed by atoms with Gasteiger partial charge in [-0.3, -0.25) is 4.79 Å². The molecule has 1 aliphatic rings. The Kier molecular flexibility index (Phi) is 3.26. The van der Waals surface area contributed by atoms with Crippen LogP contribution in [-0.2, 0) is 4.74 Å². The van der Waals surface area contributed by atoms with Crippen molar-refractivity contribution in [2.24, 2.45) is 0 Å². The lowest BCUT2D eigenvalue weighted by Crippen LogP contribution is -2.13. The van der Waals surface area contributed by atoms with Crippen molar-refractivity contribution < 1.29 is 13.9 Å². The summed E-state index contributed by atoms with van der Waals surface area (Å²) >= 11 is 3.43. The van der Waals surface area contributed by atoms with Gasteiger partial charge in [-0.2, -0.15) is 0 Å². The van der Waals surface area contributed by atoms with Crippen molar-refractivity contribution in [2.45, 2.75) is 25.7 Å². The highest BCUT2D eigenvalue weighted by Crippen LogP contribution is 2.34. The number of Topliss-reactive ketones (excluding diaryl/α,β-unsaturated/α-hetero) is 1. The van der Waals surface area contributed by atoms with E-state index in [9.17, 15) is 4.79 Å². The number of halogens is 1. The van der Waals surface area contributed by atoms with E-state index in [-0.39, 0.29) is 5.78 Å². The molecule has 1 aliphatic heterocycles. The van der Waals surface area contributed by atoms with Crippen LogP contribution in [0.5, 0.6) is 0 Å². The quantitative estimate of drug-likeness (QED) is 0.777. The van der Waals surface area contributed by atoms with E-state index in [0.29, 0.717) is 11.7 Å². The number of carbonyl (C=O) groups excluding carboxylic acids is 1. The SMILES string of the molecule is CC(=O)c1cc(Br)c(C2CCOCC2)o1. The zero-order valence-electron chi connectivity index (χ0n) is 8.59. The lowest BCUT2D eigenvalue weighted by Gasteiger charge is -2.20. The highest BCUT2D eigenvalue weighted by atomic mass is 79.9. The number of ketones is 1. The summed E-state index contributed by atoms with van der Waals surface area (Å²) in [6.07, 6.45) is 1.92. The Bertz CT molecular complexity index is 364. The van der Waals surface area contributed by atoms with Crippen LogP contribution in [0.1, 0.15) is 42.0 Å². The largest absolute Gasteiger partial charge is 0.456 e. The van der Waals surface area contributed by atoms with Crippen LogP contribution in [0, 0.1) is 0 Å². The summed E-state index contributed by atoms with van der Waals surface area (Å²) in [5, 5.41) is 0. The molecule has 0 unspecified atom stereocenters. The highest BCUT2D eigenvalue weighted by molar-refractivity contribution is 9.10. The maximum Gasteiger partial charge on any atom is 0.194 e. The Labute approximate surface area is 96.9 Å². The minimum Gasteiger partial charge on any atom is -0.456 e. The number of furan rings is 1. The fourth-order valence-electron chi connectivity index (χ4n) is 1.79. The van der Waals surface area contributed by atoms with Gasteiger partial charge in [-0.1, -0.05) is 0 Å². The van der Waals surface area contributed by atoms with Crippen molar-refractivity contribution in [1.82, 2.24) is 0 Å². The lowest BCUT2D eigenvalue weighted by atomic mass is 9.98. The van der Waals surface area contributed by atoms with E-state index >= 15 is 0 Å². The van der Waals surface area contributed by atoms with E-state index in [0.717, 1.165) is 36.3 Å². The molecule has 0 spiro atoms. The lowest BCUT2D eigenvalue weighted by molar-refractivity contribution is 0.0796. The fourth-order valence-corrected chi connectivity index (χ4v) is 2.41. The molecule has 0 radical (unpaired) electrons. The van der Waals surface area contributed by atoms with Gasteiger partial charge in [-0.25, -0.2) is 0 Å². The predicted molar refractivity (Wildman–Crippen MR) is 59.2 cm³/mol. The average molecular weight is 273 g/mol. The van der Waals surface area contributed by atoms with Crippen LogP contribution in [-0.4, -0.2) is 19.0 Å². The van der Waals surface area contributed by atoms with Crippen LogP contribution in [0.15, 0.2) is 15.0 Å². The number of rotatable bonds is 2. The number of ether oxygens (including phenoxy) is 1. The molecule has 0 aliphatic carbocycles. The minimum absolute atomic E-state index is 0.0333. The topological polar surface area (TPSA) is 39.4 Å². The molecule has 2 rings (SSSR count). The Morgan fingerprint density at radius 2 is 2.13 bits per heavy atom. The third-order valence-electron chi connectivity index (χ3n) is 2.65. The number of hydrogen-bond acceptors (Lipinski definition) is 3. The smallest absolute Gasteiger partial charge is 0.194 e. The van der Waals surface area contributed by atoms with Crippen molar-refractivity contribution in [3.8, 4) is 0 Å². The Balaban J connectivity index is 2.22. The Morgan fingerprint density at radius 3 is 2.67 bits per heavy atom. The van der Waals surface area contributed by atoms with Crippen molar-refractivity contribution in [3.05, 3.63) is 22.1 Å². The Hall–Kier alpha value is -0.610. The molecule has 4 heteroatoms. The molecule has 0 aromatic carbocycles. The van der Waals surface area contributed by atoms with Crippen LogP contribution in [0.2, 0.25) is 0 Å². The first-order valence-corrected chi connectivity index (χ1v) is 5.85. The van der Waals surface area contributed by atoms with Gasteiger partial charge in [0.25, 0.3) is 0 Å². The van der Waals surface area contributed by atoms with Gasteiger partial charge in [-0.05, 0) is 28.8 Å². The summed E-state index contributed by atoms with van der Waals surface area (Å²) in [6.45, 7) is 3.06. The van der Waals surface area contributed by atoms with Gasteiger partial charge in [0.2, 0.25) is 0 Å². The van der Waals surface area contributed by atoms with Crippen molar-refractivity contribution >= 4 is 21.7 Å². The van der Waals surface area contributed by atoms with Gasteiger partial charge < -0.3 is 9.15 Å². The molecule has 0 atom stereocenters. The minimum atomic E-state index is -0.0333. The molecule has 15 heavy (non-hydrogen) atoms. The molecule has 0 bridgehead atoms. The van der Waals surface area contributed by atoms with Gasteiger partial charge in [0.1, 0.15) is 5.76 Å². The molecule has 3 nitrogen and oxygen atoms in total. The summed E-state index contributed by atoms with van der Waals surface area (Å²) in [5.74, 6) is 1.67. The summed E-state index contributed by atoms with van der Waals surface area (Å²) in [4.78, 5) is 11.2. The maximum absolute atomic E-state index is 11.2. The molecule has 0 saturated carbocycles. The Morgan fingerprint density at radius 1 is 1.47 bits per heavy atom. The second-order valence-corrected chi connectivity index (χ2v) is 4.62. The maximum atomic E-state index is 11.2. The van der Waals surface area contributed by atoms with Crippen molar-refractivity contribution in [3.63, 3.8) is 0 Å².